The van der Waals surface area contributed by atoms with E-state index in [-0.39, 0.29) is 22.0 Å². The average molecular weight is 459 g/mol. The summed E-state index contributed by atoms with van der Waals surface area (Å²) in [4.78, 5) is 45.5. The number of alkyl halides is 3. The van der Waals surface area contributed by atoms with Crippen molar-refractivity contribution in [3.05, 3.63) is 68.7 Å². The molecule has 2 rings (SSSR count). The number of non-ortho nitro benzene ring substituents is 1. The number of Topliss-reactive ketones (excluding diaryl/α,β-unsaturated/α-hetero) is 1. The number of nitro benzene ring substituents is 1. The number of anilines is 1. The molecule has 2 aromatic rings. The van der Waals surface area contributed by atoms with Gasteiger partial charge in [-0.3, -0.25) is 24.5 Å². The molecule has 0 radical (unpaired) electrons. The number of amides is 1. The van der Waals surface area contributed by atoms with Gasteiger partial charge in [0.1, 0.15) is 0 Å². The van der Waals surface area contributed by atoms with Crippen molar-refractivity contribution in [3.8, 4) is 0 Å². The fourth-order valence-corrected chi connectivity index (χ4v) is 2.46. The fraction of sp³-hybridized carbons (Fsp3) is 0.211. The minimum Gasteiger partial charge on any atom is -0.457 e. The van der Waals surface area contributed by atoms with Crippen LogP contribution in [0.25, 0.3) is 0 Å². The number of nitrogens with zero attached hydrogens (tertiary/aromatic N) is 1. The minimum absolute atomic E-state index is 0.0929. The third kappa shape index (κ3) is 7.07. The maximum Gasteiger partial charge on any atom is 0.416 e. The molecule has 0 aromatic heterocycles. The van der Waals surface area contributed by atoms with Gasteiger partial charge >= 0.3 is 12.1 Å². The first-order valence-electron chi connectivity index (χ1n) is 8.57. The Hall–Kier alpha value is -3.47. The number of nitro groups is 1. The summed E-state index contributed by atoms with van der Waals surface area (Å²) >= 11 is 5.77. The molecule has 0 aliphatic heterocycles. The van der Waals surface area contributed by atoms with Gasteiger partial charge in [-0.2, -0.15) is 13.2 Å². The fourth-order valence-electron chi connectivity index (χ4n) is 2.30. The monoisotopic (exact) mass is 458 g/mol. The van der Waals surface area contributed by atoms with Crippen molar-refractivity contribution in [1.82, 2.24) is 0 Å². The summed E-state index contributed by atoms with van der Waals surface area (Å²) in [5.74, 6) is -2.27. The minimum atomic E-state index is -4.62. The third-order valence-electron chi connectivity index (χ3n) is 3.89. The highest BCUT2D eigenvalue weighted by molar-refractivity contribution is 6.33. The standard InChI is InChI=1S/C19H14ClF3N2O6/c20-14-6-3-12(19(21,22)23)9-15(14)24-17(27)7-8-18(28)31-10-16(26)11-1-4-13(5-2-11)25(29)30/h1-6,9H,7-8,10H2,(H,24,27). The Balaban J connectivity index is 1.82. The summed E-state index contributed by atoms with van der Waals surface area (Å²) in [6, 6.07) is 7.08. The van der Waals surface area contributed by atoms with Crippen LogP contribution in [-0.4, -0.2) is 29.2 Å². The van der Waals surface area contributed by atoms with Crippen molar-refractivity contribution in [2.75, 3.05) is 11.9 Å². The zero-order valence-corrected chi connectivity index (χ0v) is 16.3. The van der Waals surface area contributed by atoms with E-state index in [9.17, 15) is 37.7 Å². The van der Waals surface area contributed by atoms with Crippen molar-refractivity contribution in [2.24, 2.45) is 0 Å². The van der Waals surface area contributed by atoms with Gasteiger partial charge in [0.05, 0.1) is 27.6 Å². The Bertz CT molecular complexity index is 1010. The highest BCUT2D eigenvalue weighted by Crippen LogP contribution is 2.33. The molecule has 0 atom stereocenters. The zero-order chi connectivity index (χ0) is 23.2. The molecule has 1 N–H and O–H groups in total. The van der Waals surface area contributed by atoms with Crippen LogP contribution in [0.1, 0.15) is 28.8 Å². The van der Waals surface area contributed by atoms with Crippen LogP contribution in [0.2, 0.25) is 5.02 Å². The SMILES string of the molecule is O=C(CCC(=O)OCC(=O)c1ccc([N+](=O)[O-])cc1)Nc1cc(C(F)(F)F)ccc1Cl. The smallest absolute Gasteiger partial charge is 0.416 e. The lowest BCUT2D eigenvalue weighted by Gasteiger charge is -2.11. The Labute approximate surface area is 178 Å². The Morgan fingerprint density at radius 2 is 1.71 bits per heavy atom. The first-order chi connectivity index (χ1) is 14.5. The summed E-state index contributed by atoms with van der Waals surface area (Å²) < 4.78 is 43.0. The second-order valence-electron chi connectivity index (χ2n) is 6.13. The quantitative estimate of drug-likeness (QED) is 0.271. The Morgan fingerprint density at radius 3 is 2.29 bits per heavy atom. The number of carbonyl (C=O) groups is 3. The molecule has 0 aliphatic carbocycles. The van der Waals surface area contributed by atoms with Gasteiger partial charge in [0.15, 0.2) is 12.4 Å². The number of nitrogens with one attached hydrogen (secondary N) is 1. The molecule has 0 saturated carbocycles. The average Bonchev–Trinajstić information content (AvgIpc) is 2.71. The molecule has 0 fully saturated rings. The number of benzene rings is 2. The van der Waals surface area contributed by atoms with Crippen LogP contribution < -0.4 is 5.32 Å². The summed E-state index contributed by atoms with van der Waals surface area (Å²) in [7, 11) is 0. The highest BCUT2D eigenvalue weighted by atomic mass is 35.5. The molecule has 8 nitrogen and oxygen atoms in total. The third-order valence-corrected chi connectivity index (χ3v) is 4.22. The van der Waals surface area contributed by atoms with Crippen molar-refractivity contribution < 1.29 is 37.2 Å². The van der Waals surface area contributed by atoms with Gasteiger partial charge in [0.2, 0.25) is 5.91 Å². The lowest BCUT2D eigenvalue weighted by Crippen LogP contribution is -2.18. The molecule has 31 heavy (non-hydrogen) atoms. The van der Waals surface area contributed by atoms with Gasteiger partial charge in [0.25, 0.3) is 5.69 Å². The summed E-state index contributed by atoms with van der Waals surface area (Å²) in [6.45, 7) is -0.641. The van der Waals surface area contributed by atoms with E-state index in [1.165, 1.54) is 12.1 Å². The lowest BCUT2D eigenvalue weighted by atomic mass is 10.1. The number of rotatable bonds is 8. The van der Waals surface area contributed by atoms with E-state index in [4.69, 9.17) is 16.3 Å². The predicted molar refractivity (Wildman–Crippen MR) is 103 cm³/mol. The second kappa shape index (κ2) is 10.0. The molecule has 164 valence electrons. The van der Waals surface area contributed by atoms with E-state index < -0.39 is 53.8 Å². The molecule has 0 aliphatic rings. The van der Waals surface area contributed by atoms with E-state index in [0.29, 0.717) is 6.07 Å². The van der Waals surface area contributed by atoms with Crippen LogP contribution in [0.5, 0.6) is 0 Å². The van der Waals surface area contributed by atoms with Crippen LogP contribution in [0.3, 0.4) is 0 Å². The van der Waals surface area contributed by atoms with E-state index in [1.807, 2.05) is 0 Å². The van der Waals surface area contributed by atoms with Gasteiger partial charge in [-0.05, 0) is 30.3 Å². The Morgan fingerprint density at radius 1 is 1.06 bits per heavy atom. The van der Waals surface area contributed by atoms with Crippen LogP contribution >= 0.6 is 11.6 Å². The lowest BCUT2D eigenvalue weighted by molar-refractivity contribution is -0.384. The van der Waals surface area contributed by atoms with Gasteiger partial charge in [0, 0.05) is 24.1 Å². The van der Waals surface area contributed by atoms with Crippen LogP contribution in [0.15, 0.2) is 42.5 Å². The molecule has 0 unspecified atom stereocenters. The molecule has 0 spiro atoms. The summed E-state index contributed by atoms with van der Waals surface area (Å²) in [6.07, 6.45) is -5.48. The van der Waals surface area contributed by atoms with Gasteiger partial charge < -0.3 is 10.1 Å². The highest BCUT2D eigenvalue weighted by Gasteiger charge is 2.31. The maximum absolute atomic E-state index is 12.7. The number of esters is 1. The van der Waals surface area contributed by atoms with E-state index >= 15 is 0 Å². The number of halogens is 4. The van der Waals surface area contributed by atoms with E-state index in [0.717, 1.165) is 24.3 Å². The number of hydrogen-bond donors (Lipinski definition) is 1. The molecule has 1 amide bonds. The van der Waals surface area contributed by atoms with Crippen LogP contribution in [0.4, 0.5) is 24.5 Å². The summed E-state index contributed by atoms with van der Waals surface area (Å²) in [5, 5.41) is 12.6. The Kier molecular flexibility index (Phi) is 7.70. The number of hydrogen-bond acceptors (Lipinski definition) is 6. The second-order valence-corrected chi connectivity index (χ2v) is 6.54. The zero-order valence-electron chi connectivity index (χ0n) is 15.6. The number of carbonyl (C=O) groups excluding carboxylic acids is 3. The molecule has 0 saturated heterocycles. The molecule has 2 aromatic carbocycles. The van der Waals surface area contributed by atoms with Crippen molar-refractivity contribution in [1.29, 1.82) is 0 Å². The van der Waals surface area contributed by atoms with Gasteiger partial charge in [-0.25, -0.2) is 0 Å². The topological polar surface area (TPSA) is 116 Å². The predicted octanol–water partition coefficient (Wildman–Crippen LogP) is 4.41. The van der Waals surface area contributed by atoms with Crippen molar-refractivity contribution in [2.45, 2.75) is 19.0 Å². The molecule has 12 heteroatoms. The molecule has 0 bridgehead atoms. The first-order valence-corrected chi connectivity index (χ1v) is 8.95. The first kappa shape index (κ1) is 23.8. The van der Waals surface area contributed by atoms with Crippen molar-refractivity contribution in [3.63, 3.8) is 0 Å². The van der Waals surface area contributed by atoms with Crippen LogP contribution in [-0.2, 0) is 20.5 Å². The molecular weight excluding hydrogens is 445 g/mol. The van der Waals surface area contributed by atoms with Crippen molar-refractivity contribution >= 4 is 40.6 Å². The van der Waals surface area contributed by atoms with E-state index in [1.54, 1.807) is 0 Å². The van der Waals surface area contributed by atoms with Gasteiger partial charge in [-0.1, -0.05) is 11.6 Å². The maximum atomic E-state index is 12.7. The molecule has 0 heterocycles. The summed E-state index contributed by atoms with van der Waals surface area (Å²) in [5.41, 5.74) is -1.38. The number of ketones is 1. The largest absolute Gasteiger partial charge is 0.457 e. The van der Waals surface area contributed by atoms with Crippen LogP contribution in [0, 0.1) is 10.1 Å². The van der Waals surface area contributed by atoms with Gasteiger partial charge in [-0.15, -0.1) is 0 Å². The normalized spacial score (nSPS) is 11.0. The molecular formula is C19H14ClF3N2O6. The number of ether oxygens (including phenoxy) is 1. The van der Waals surface area contributed by atoms with E-state index in [2.05, 4.69) is 5.32 Å².